The van der Waals surface area contributed by atoms with Crippen LogP contribution in [0, 0.1) is 0 Å². The maximum atomic E-state index is 11.7. The first kappa shape index (κ1) is 15.6. The minimum absolute atomic E-state index is 0.141. The highest BCUT2D eigenvalue weighted by molar-refractivity contribution is 5.38. The molecule has 0 saturated carbocycles. The molecule has 2 aromatic heterocycles. The van der Waals surface area contributed by atoms with Gasteiger partial charge in [-0.1, -0.05) is 6.07 Å². The van der Waals surface area contributed by atoms with E-state index in [4.69, 9.17) is 4.74 Å². The van der Waals surface area contributed by atoms with Crippen molar-refractivity contribution in [1.82, 2.24) is 19.9 Å². The largest absolute Gasteiger partial charge is 0.377 e. The number of H-pyrrole nitrogens is 1. The van der Waals surface area contributed by atoms with Crippen molar-refractivity contribution in [1.29, 1.82) is 0 Å². The van der Waals surface area contributed by atoms with Crippen molar-refractivity contribution >= 4 is 5.82 Å². The molecule has 7 nitrogen and oxygen atoms in total. The van der Waals surface area contributed by atoms with Crippen molar-refractivity contribution in [3.05, 3.63) is 52.3 Å². The fraction of sp³-hybridized carbons (Fsp3) is 0.438. The summed E-state index contributed by atoms with van der Waals surface area (Å²) in [4.78, 5) is 27.8. The van der Waals surface area contributed by atoms with Gasteiger partial charge in [0, 0.05) is 52.1 Å². The van der Waals surface area contributed by atoms with E-state index in [1.54, 1.807) is 13.2 Å². The first-order valence-electron chi connectivity index (χ1n) is 7.71. The summed E-state index contributed by atoms with van der Waals surface area (Å²) in [7, 11) is 1.59. The average Bonchev–Trinajstić information content (AvgIpc) is 2.56. The van der Waals surface area contributed by atoms with Gasteiger partial charge in [0.2, 0.25) is 0 Å². The molecule has 0 aromatic carbocycles. The molecule has 7 heteroatoms. The van der Waals surface area contributed by atoms with E-state index in [0.717, 1.165) is 44.2 Å². The lowest BCUT2D eigenvalue weighted by Crippen LogP contribution is -2.46. The van der Waals surface area contributed by atoms with E-state index >= 15 is 0 Å². The zero-order chi connectivity index (χ0) is 16.1. The molecule has 1 fully saturated rings. The molecule has 1 aliphatic heterocycles. The van der Waals surface area contributed by atoms with E-state index in [2.05, 4.69) is 24.8 Å². The van der Waals surface area contributed by atoms with Crippen molar-refractivity contribution in [2.75, 3.05) is 38.2 Å². The first-order chi connectivity index (χ1) is 11.2. The highest BCUT2D eigenvalue weighted by Crippen LogP contribution is 2.13. The molecule has 2 aromatic rings. The molecule has 1 saturated heterocycles. The Labute approximate surface area is 134 Å². The molecule has 0 atom stereocenters. The Morgan fingerprint density at radius 3 is 2.78 bits per heavy atom. The minimum Gasteiger partial charge on any atom is -0.377 e. The summed E-state index contributed by atoms with van der Waals surface area (Å²) in [5.74, 6) is 1.28. The lowest BCUT2D eigenvalue weighted by atomic mass is 10.2. The molecule has 3 heterocycles. The maximum Gasteiger partial charge on any atom is 0.253 e. The predicted octanol–water partition coefficient (Wildman–Crippen LogP) is 0.633. The highest BCUT2D eigenvalue weighted by Gasteiger charge is 2.19. The second-order valence-corrected chi connectivity index (χ2v) is 5.57. The first-order valence-corrected chi connectivity index (χ1v) is 7.71. The Bertz CT molecular complexity index is 680. The summed E-state index contributed by atoms with van der Waals surface area (Å²) in [6, 6.07) is 7.53. The number of nitrogens with one attached hydrogen (secondary N) is 1. The molecule has 0 amide bonds. The second-order valence-electron chi connectivity index (χ2n) is 5.57. The van der Waals surface area contributed by atoms with Crippen molar-refractivity contribution in [3.8, 4) is 0 Å². The summed E-state index contributed by atoms with van der Waals surface area (Å²) < 4.78 is 5.04. The second kappa shape index (κ2) is 7.34. The molecule has 1 aliphatic rings. The molecular weight excluding hydrogens is 294 g/mol. The quantitative estimate of drug-likeness (QED) is 0.872. The van der Waals surface area contributed by atoms with Gasteiger partial charge in [0.1, 0.15) is 18.2 Å². The van der Waals surface area contributed by atoms with Gasteiger partial charge in [-0.2, -0.15) is 0 Å². The summed E-state index contributed by atoms with van der Waals surface area (Å²) in [5, 5.41) is 0. The Morgan fingerprint density at radius 1 is 1.26 bits per heavy atom. The van der Waals surface area contributed by atoms with Crippen molar-refractivity contribution in [2.45, 2.75) is 13.2 Å². The molecular formula is C16H21N5O2. The van der Waals surface area contributed by atoms with Crippen LogP contribution >= 0.6 is 0 Å². The van der Waals surface area contributed by atoms with Crippen LogP contribution in [0.25, 0.3) is 0 Å². The molecule has 0 spiro atoms. The van der Waals surface area contributed by atoms with Gasteiger partial charge in [-0.05, 0) is 12.1 Å². The van der Waals surface area contributed by atoms with Gasteiger partial charge in [-0.15, -0.1) is 0 Å². The van der Waals surface area contributed by atoms with Crippen LogP contribution in [0.4, 0.5) is 5.82 Å². The Morgan fingerprint density at radius 2 is 2.09 bits per heavy atom. The smallest absolute Gasteiger partial charge is 0.253 e. The van der Waals surface area contributed by atoms with Crippen LogP contribution in [0.5, 0.6) is 0 Å². The summed E-state index contributed by atoms with van der Waals surface area (Å²) in [6.45, 7) is 4.69. The fourth-order valence-corrected chi connectivity index (χ4v) is 2.72. The number of pyridine rings is 1. The van der Waals surface area contributed by atoms with Gasteiger partial charge in [0.05, 0.1) is 5.69 Å². The van der Waals surface area contributed by atoms with E-state index in [0.29, 0.717) is 12.4 Å². The third-order valence-electron chi connectivity index (χ3n) is 3.87. The number of rotatable bonds is 5. The number of aromatic nitrogens is 3. The van der Waals surface area contributed by atoms with Gasteiger partial charge < -0.3 is 14.6 Å². The van der Waals surface area contributed by atoms with Gasteiger partial charge in [-0.25, -0.2) is 4.98 Å². The Hall–Kier alpha value is -2.25. The number of methoxy groups -OCH3 is 1. The zero-order valence-corrected chi connectivity index (χ0v) is 13.2. The topological polar surface area (TPSA) is 74.3 Å². The van der Waals surface area contributed by atoms with E-state index in [-0.39, 0.29) is 5.56 Å². The van der Waals surface area contributed by atoms with Gasteiger partial charge >= 0.3 is 0 Å². The summed E-state index contributed by atoms with van der Waals surface area (Å²) in [6.07, 6.45) is 1.82. The molecule has 3 rings (SSSR count). The minimum atomic E-state index is -0.141. The van der Waals surface area contributed by atoms with Crippen LogP contribution in [0.15, 0.2) is 35.3 Å². The van der Waals surface area contributed by atoms with Crippen LogP contribution in [0.3, 0.4) is 0 Å². The number of nitrogens with zero attached hydrogens (tertiary/aromatic N) is 4. The monoisotopic (exact) mass is 315 g/mol. The Kier molecular flexibility index (Phi) is 4.99. The lowest BCUT2D eigenvalue weighted by Gasteiger charge is -2.35. The molecule has 122 valence electrons. The number of hydrogen-bond donors (Lipinski definition) is 1. The van der Waals surface area contributed by atoms with Crippen LogP contribution in [-0.2, 0) is 17.9 Å². The summed E-state index contributed by atoms with van der Waals surface area (Å²) in [5.41, 5.74) is 0.940. The van der Waals surface area contributed by atoms with Crippen LogP contribution in [0.1, 0.15) is 11.5 Å². The van der Waals surface area contributed by atoms with Crippen LogP contribution in [0.2, 0.25) is 0 Å². The number of piperazine rings is 1. The Balaban J connectivity index is 1.61. The molecule has 0 aliphatic carbocycles. The van der Waals surface area contributed by atoms with Gasteiger partial charge in [-0.3, -0.25) is 14.7 Å². The van der Waals surface area contributed by atoms with E-state index < -0.39 is 0 Å². The van der Waals surface area contributed by atoms with E-state index in [1.807, 2.05) is 24.4 Å². The van der Waals surface area contributed by atoms with Gasteiger partial charge in [0.15, 0.2) is 0 Å². The third-order valence-corrected chi connectivity index (χ3v) is 3.87. The number of anilines is 1. The number of ether oxygens (including phenoxy) is 1. The van der Waals surface area contributed by atoms with Crippen molar-refractivity contribution in [3.63, 3.8) is 0 Å². The summed E-state index contributed by atoms with van der Waals surface area (Å²) >= 11 is 0. The average molecular weight is 315 g/mol. The third kappa shape index (κ3) is 4.14. The fourth-order valence-electron chi connectivity index (χ4n) is 2.72. The standard InChI is InChI=1S/C16H21N5O2/c1-23-12-14-18-15(10-16(22)19-14)21-8-6-20(7-9-21)11-13-4-2-3-5-17-13/h2-5,10H,6-9,11-12H2,1H3,(H,18,19,22). The maximum absolute atomic E-state index is 11.7. The lowest BCUT2D eigenvalue weighted by molar-refractivity contribution is 0.177. The molecule has 0 radical (unpaired) electrons. The molecule has 0 unspecified atom stereocenters. The number of aromatic amines is 1. The highest BCUT2D eigenvalue weighted by atomic mass is 16.5. The SMILES string of the molecule is COCc1nc(N2CCN(Cc3ccccn3)CC2)cc(=O)[nH]1. The van der Waals surface area contributed by atoms with Gasteiger partial charge in [0.25, 0.3) is 5.56 Å². The van der Waals surface area contributed by atoms with Crippen LogP contribution in [-0.4, -0.2) is 53.1 Å². The van der Waals surface area contributed by atoms with E-state index in [1.165, 1.54) is 0 Å². The predicted molar refractivity (Wildman–Crippen MR) is 87.3 cm³/mol. The van der Waals surface area contributed by atoms with Crippen molar-refractivity contribution in [2.24, 2.45) is 0 Å². The normalized spacial score (nSPS) is 15.8. The molecule has 0 bridgehead atoms. The molecule has 23 heavy (non-hydrogen) atoms. The van der Waals surface area contributed by atoms with Crippen molar-refractivity contribution < 1.29 is 4.74 Å². The number of hydrogen-bond acceptors (Lipinski definition) is 6. The van der Waals surface area contributed by atoms with E-state index in [9.17, 15) is 4.79 Å². The molecule has 1 N–H and O–H groups in total. The zero-order valence-electron chi connectivity index (χ0n) is 13.2. The van der Waals surface area contributed by atoms with Crippen LogP contribution < -0.4 is 10.5 Å².